The molecule has 0 amide bonds. The Bertz CT molecular complexity index is 835. The average Bonchev–Trinajstić information content (AvgIpc) is 2.41. The lowest BCUT2D eigenvalue weighted by atomic mass is 10.4. The van der Waals surface area contributed by atoms with Crippen molar-refractivity contribution in [3.63, 3.8) is 0 Å². The van der Waals surface area contributed by atoms with Crippen molar-refractivity contribution in [3.8, 4) is 0 Å². The molecule has 1 atom stereocenters. The molecule has 2 aromatic heterocycles. The SMILES string of the molecule is Cc1nc2c(=O)n(C)c(=O)n(C)c2nc1S(=O)C(C)C. The number of hydrogen-bond donors (Lipinski definition) is 0. The average molecular weight is 296 g/mol. The highest BCUT2D eigenvalue weighted by molar-refractivity contribution is 7.85. The lowest BCUT2D eigenvalue weighted by Gasteiger charge is -2.11. The summed E-state index contributed by atoms with van der Waals surface area (Å²) in [7, 11) is 1.57. The van der Waals surface area contributed by atoms with E-state index in [1.54, 1.807) is 6.92 Å². The normalized spacial score (nSPS) is 13.1. The number of rotatable bonds is 2. The standard InChI is InChI=1S/C12H16N4O3S/c1-6(2)20(19)10-7(3)13-8-9(14-10)15(4)12(18)16(5)11(8)17/h6H,1-5H3. The van der Waals surface area contributed by atoms with Gasteiger partial charge < -0.3 is 0 Å². The van der Waals surface area contributed by atoms with E-state index in [0.717, 1.165) is 4.57 Å². The van der Waals surface area contributed by atoms with Gasteiger partial charge in [0.05, 0.1) is 16.5 Å². The zero-order chi connectivity index (χ0) is 15.2. The fourth-order valence-electron chi connectivity index (χ4n) is 1.85. The largest absolute Gasteiger partial charge is 0.332 e. The molecule has 1 unspecified atom stereocenters. The van der Waals surface area contributed by atoms with Crippen molar-refractivity contribution in [3.05, 3.63) is 26.5 Å². The third kappa shape index (κ3) is 2.09. The van der Waals surface area contributed by atoms with E-state index in [9.17, 15) is 13.8 Å². The first kappa shape index (κ1) is 14.6. The van der Waals surface area contributed by atoms with E-state index in [1.165, 1.54) is 18.7 Å². The van der Waals surface area contributed by atoms with E-state index < -0.39 is 22.0 Å². The second-order valence-electron chi connectivity index (χ2n) is 4.84. The molecule has 8 heteroatoms. The van der Waals surface area contributed by atoms with Crippen molar-refractivity contribution in [2.75, 3.05) is 0 Å². The monoisotopic (exact) mass is 296 g/mol. The van der Waals surface area contributed by atoms with Crippen LogP contribution < -0.4 is 11.2 Å². The number of aryl methyl sites for hydroxylation is 2. The van der Waals surface area contributed by atoms with E-state index >= 15 is 0 Å². The minimum Gasteiger partial charge on any atom is -0.279 e. The molecule has 0 spiro atoms. The molecule has 0 aliphatic carbocycles. The summed E-state index contributed by atoms with van der Waals surface area (Å²) in [6.07, 6.45) is 0. The Morgan fingerprint density at radius 3 is 2.25 bits per heavy atom. The molecule has 0 saturated heterocycles. The Hall–Kier alpha value is -1.83. The van der Waals surface area contributed by atoms with Gasteiger partial charge in [-0.2, -0.15) is 0 Å². The summed E-state index contributed by atoms with van der Waals surface area (Å²) in [4.78, 5) is 32.4. The molecular weight excluding hydrogens is 280 g/mol. The second kappa shape index (κ2) is 4.93. The van der Waals surface area contributed by atoms with Crippen molar-refractivity contribution >= 4 is 22.0 Å². The van der Waals surface area contributed by atoms with Crippen LogP contribution in [0.3, 0.4) is 0 Å². The first-order valence-corrected chi connectivity index (χ1v) is 7.32. The van der Waals surface area contributed by atoms with Crippen LogP contribution in [0, 0.1) is 6.92 Å². The summed E-state index contributed by atoms with van der Waals surface area (Å²) in [6.45, 7) is 5.28. The highest BCUT2D eigenvalue weighted by atomic mass is 32.2. The van der Waals surface area contributed by atoms with E-state index in [1.807, 2.05) is 13.8 Å². The van der Waals surface area contributed by atoms with Gasteiger partial charge in [-0.15, -0.1) is 0 Å². The number of nitrogens with zero attached hydrogens (tertiary/aromatic N) is 4. The van der Waals surface area contributed by atoms with Gasteiger partial charge >= 0.3 is 5.69 Å². The number of aromatic nitrogens is 4. The Labute approximate surface area is 117 Å². The maximum Gasteiger partial charge on any atom is 0.332 e. The molecular formula is C12H16N4O3S. The summed E-state index contributed by atoms with van der Waals surface area (Å²) in [6, 6.07) is 0. The summed E-state index contributed by atoms with van der Waals surface area (Å²) in [5, 5.41) is 0.194. The van der Waals surface area contributed by atoms with E-state index in [0.29, 0.717) is 10.7 Å². The molecule has 20 heavy (non-hydrogen) atoms. The van der Waals surface area contributed by atoms with Gasteiger partial charge in [0.1, 0.15) is 0 Å². The molecule has 0 radical (unpaired) electrons. The Kier molecular flexibility index (Phi) is 3.59. The molecule has 0 aromatic carbocycles. The third-order valence-electron chi connectivity index (χ3n) is 3.03. The fourth-order valence-corrected chi connectivity index (χ4v) is 2.81. The fraction of sp³-hybridized carbons (Fsp3) is 0.500. The topological polar surface area (TPSA) is 86.8 Å². The van der Waals surface area contributed by atoms with Crippen LogP contribution in [-0.4, -0.2) is 28.6 Å². The summed E-state index contributed by atoms with van der Waals surface area (Å²) in [5.41, 5.74) is -0.271. The van der Waals surface area contributed by atoms with Gasteiger partial charge in [-0.25, -0.2) is 14.8 Å². The molecule has 7 nitrogen and oxygen atoms in total. The van der Waals surface area contributed by atoms with Gasteiger partial charge in [-0.05, 0) is 6.92 Å². The lowest BCUT2D eigenvalue weighted by Crippen LogP contribution is -2.38. The van der Waals surface area contributed by atoms with Crippen molar-refractivity contribution in [2.24, 2.45) is 14.1 Å². The maximum absolute atomic E-state index is 12.2. The first-order valence-electron chi connectivity index (χ1n) is 6.10. The Morgan fingerprint density at radius 2 is 1.70 bits per heavy atom. The van der Waals surface area contributed by atoms with Crippen LogP contribution in [0.25, 0.3) is 11.2 Å². The zero-order valence-electron chi connectivity index (χ0n) is 12.0. The minimum atomic E-state index is -1.33. The Morgan fingerprint density at radius 1 is 1.10 bits per heavy atom. The van der Waals surface area contributed by atoms with Crippen molar-refractivity contribution in [1.82, 2.24) is 19.1 Å². The predicted octanol–water partition coefficient (Wildman–Crippen LogP) is -0.148. The van der Waals surface area contributed by atoms with Crippen LogP contribution in [0.1, 0.15) is 19.5 Å². The molecule has 2 heterocycles. The number of hydrogen-bond acceptors (Lipinski definition) is 5. The minimum absolute atomic E-state index is 0.108. The molecule has 0 bridgehead atoms. The van der Waals surface area contributed by atoms with Crippen LogP contribution in [-0.2, 0) is 24.9 Å². The van der Waals surface area contributed by atoms with Gasteiger partial charge in [-0.1, -0.05) is 13.8 Å². The number of fused-ring (bicyclic) bond motifs is 1. The van der Waals surface area contributed by atoms with Crippen molar-refractivity contribution in [2.45, 2.75) is 31.0 Å². The molecule has 2 aromatic rings. The van der Waals surface area contributed by atoms with E-state index in [-0.39, 0.29) is 16.4 Å². The van der Waals surface area contributed by atoms with Crippen LogP contribution in [0.2, 0.25) is 0 Å². The van der Waals surface area contributed by atoms with Crippen LogP contribution >= 0.6 is 0 Å². The third-order valence-corrected chi connectivity index (χ3v) is 4.65. The van der Waals surface area contributed by atoms with Crippen LogP contribution in [0.4, 0.5) is 0 Å². The molecule has 2 rings (SSSR count). The Balaban J connectivity index is 2.94. The van der Waals surface area contributed by atoms with Gasteiger partial charge in [0.25, 0.3) is 5.56 Å². The van der Waals surface area contributed by atoms with Gasteiger partial charge in [-0.3, -0.25) is 18.1 Å². The van der Waals surface area contributed by atoms with Gasteiger partial charge in [0.2, 0.25) is 0 Å². The van der Waals surface area contributed by atoms with Gasteiger partial charge in [0, 0.05) is 19.3 Å². The molecule has 0 N–H and O–H groups in total. The predicted molar refractivity (Wildman–Crippen MR) is 76.3 cm³/mol. The summed E-state index contributed by atoms with van der Waals surface area (Å²) < 4.78 is 14.4. The van der Waals surface area contributed by atoms with Gasteiger partial charge in [0.15, 0.2) is 16.2 Å². The van der Waals surface area contributed by atoms with Crippen molar-refractivity contribution < 1.29 is 4.21 Å². The zero-order valence-corrected chi connectivity index (χ0v) is 12.8. The molecule has 0 aliphatic heterocycles. The van der Waals surface area contributed by atoms with Crippen LogP contribution in [0.15, 0.2) is 14.6 Å². The van der Waals surface area contributed by atoms with E-state index in [2.05, 4.69) is 9.97 Å². The van der Waals surface area contributed by atoms with Crippen molar-refractivity contribution in [1.29, 1.82) is 0 Å². The highest BCUT2D eigenvalue weighted by Gasteiger charge is 2.19. The van der Waals surface area contributed by atoms with Crippen LogP contribution in [0.5, 0.6) is 0 Å². The highest BCUT2D eigenvalue weighted by Crippen LogP contribution is 2.14. The summed E-state index contributed by atoms with van der Waals surface area (Å²) >= 11 is 0. The quantitative estimate of drug-likeness (QED) is 0.769. The molecule has 0 fully saturated rings. The maximum atomic E-state index is 12.2. The molecule has 108 valence electrons. The smallest absolute Gasteiger partial charge is 0.279 e. The van der Waals surface area contributed by atoms with E-state index in [4.69, 9.17) is 0 Å². The molecule has 0 saturated carbocycles. The molecule has 0 aliphatic rings. The summed E-state index contributed by atoms with van der Waals surface area (Å²) in [5.74, 6) is 0. The first-order chi connectivity index (χ1) is 9.25. The lowest BCUT2D eigenvalue weighted by molar-refractivity contribution is 0.669. The second-order valence-corrected chi connectivity index (χ2v) is 6.76.